The van der Waals surface area contributed by atoms with Gasteiger partial charge in [-0.2, -0.15) is 4.99 Å². The van der Waals surface area contributed by atoms with Crippen LogP contribution < -0.4 is 9.64 Å². The first kappa shape index (κ1) is 19.9. The molecule has 2 atom stereocenters. The Morgan fingerprint density at radius 2 is 2.03 bits per heavy atom. The molecule has 0 saturated carbocycles. The van der Waals surface area contributed by atoms with E-state index in [1.807, 2.05) is 12.1 Å². The summed E-state index contributed by atoms with van der Waals surface area (Å²) < 4.78 is 43.3. The van der Waals surface area contributed by atoms with Crippen molar-refractivity contribution in [3.63, 3.8) is 0 Å². The van der Waals surface area contributed by atoms with E-state index in [-0.39, 0.29) is 35.1 Å². The van der Waals surface area contributed by atoms with Crippen molar-refractivity contribution in [3.8, 4) is 5.75 Å². The van der Waals surface area contributed by atoms with Gasteiger partial charge < -0.3 is 9.64 Å². The van der Waals surface area contributed by atoms with Gasteiger partial charge in [0.15, 0.2) is 15.0 Å². The standard InChI is InChI=1S/C20H19FN2O4S2/c1-27-17-8-3-2-5-13(17)9-19(24)22-20-23(15-7-4-6-14(21)10-15)16-11-29(25,26)12-18(16)28-20/h2-8,10,16,18H,9,11-12H2,1H3. The first-order valence-electron chi connectivity index (χ1n) is 9.01. The number of amides is 1. The molecule has 6 nitrogen and oxygen atoms in total. The minimum Gasteiger partial charge on any atom is -0.496 e. The highest BCUT2D eigenvalue weighted by atomic mass is 32.2. The number of halogens is 1. The van der Waals surface area contributed by atoms with Gasteiger partial charge in [0, 0.05) is 16.5 Å². The smallest absolute Gasteiger partial charge is 0.252 e. The summed E-state index contributed by atoms with van der Waals surface area (Å²) >= 11 is 1.26. The highest BCUT2D eigenvalue weighted by Gasteiger charge is 2.49. The Kier molecular flexibility index (Phi) is 5.35. The summed E-state index contributed by atoms with van der Waals surface area (Å²) in [5.41, 5.74) is 1.21. The molecule has 0 aliphatic carbocycles. The van der Waals surface area contributed by atoms with E-state index >= 15 is 0 Å². The van der Waals surface area contributed by atoms with Crippen molar-refractivity contribution in [1.29, 1.82) is 0 Å². The van der Waals surface area contributed by atoms with Gasteiger partial charge in [0.05, 0.1) is 31.1 Å². The fourth-order valence-electron chi connectivity index (χ4n) is 3.65. The fourth-order valence-corrected chi connectivity index (χ4v) is 7.58. The van der Waals surface area contributed by atoms with Crippen LogP contribution in [-0.4, -0.2) is 49.4 Å². The lowest BCUT2D eigenvalue weighted by molar-refractivity contribution is -0.117. The molecule has 0 bridgehead atoms. The number of para-hydroxylation sites is 1. The van der Waals surface area contributed by atoms with E-state index in [0.717, 1.165) is 0 Å². The maximum absolute atomic E-state index is 13.8. The minimum atomic E-state index is -3.18. The van der Waals surface area contributed by atoms with E-state index in [4.69, 9.17) is 4.74 Å². The number of nitrogens with zero attached hydrogens (tertiary/aromatic N) is 2. The van der Waals surface area contributed by atoms with Crippen LogP contribution in [0.5, 0.6) is 5.75 Å². The van der Waals surface area contributed by atoms with Gasteiger partial charge in [0.2, 0.25) is 0 Å². The van der Waals surface area contributed by atoms with Crippen LogP contribution in [0.2, 0.25) is 0 Å². The van der Waals surface area contributed by atoms with Crippen LogP contribution in [-0.2, 0) is 21.1 Å². The first-order valence-corrected chi connectivity index (χ1v) is 11.7. The number of fused-ring (bicyclic) bond motifs is 1. The zero-order chi connectivity index (χ0) is 20.6. The number of ether oxygens (including phenoxy) is 1. The maximum Gasteiger partial charge on any atom is 0.252 e. The van der Waals surface area contributed by atoms with Crippen molar-refractivity contribution in [1.82, 2.24) is 0 Å². The average Bonchev–Trinajstić information content (AvgIpc) is 3.12. The Hall–Kier alpha value is -2.39. The molecule has 2 heterocycles. The van der Waals surface area contributed by atoms with Gasteiger partial charge in [-0.25, -0.2) is 12.8 Å². The van der Waals surface area contributed by atoms with E-state index in [9.17, 15) is 17.6 Å². The van der Waals surface area contributed by atoms with Gasteiger partial charge in [-0.1, -0.05) is 36.0 Å². The number of aliphatic imine (C=N–C) groups is 1. The van der Waals surface area contributed by atoms with Crippen molar-refractivity contribution in [3.05, 3.63) is 59.9 Å². The van der Waals surface area contributed by atoms with Crippen LogP contribution in [0, 0.1) is 5.82 Å². The second kappa shape index (κ2) is 7.79. The molecule has 4 rings (SSSR count). The van der Waals surface area contributed by atoms with Crippen molar-refractivity contribution in [2.75, 3.05) is 23.5 Å². The molecule has 0 aromatic heterocycles. The molecule has 2 aromatic rings. The summed E-state index contributed by atoms with van der Waals surface area (Å²) in [6.45, 7) is 0. The van der Waals surface area contributed by atoms with Crippen molar-refractivity contribution in [2.45, 2.75) is 17.7 Å². The van der Waals surface area contributed by atoms with Crippen LogP contribution in [0.25, 0.3) is 0 Å². The molecule has 0 spiro atoms. The molecule has 9 heteroatoms. The van der Waals surface area contributed by atoms with Crippen molar-refractivity contribution < 1.29 is 22.3 Å². The molecule has 1 amide bonds. The van der Waals surface area contributed by atoms with Gasteiger partial charge in [-0.15, -0.1) is 0 Å². The quantitative estimate of drug-likeness (QED) is 0.737. The van der Waals surface area contributed by atoms with E-state index in [1.54, 1.807) is 29.2 Å². The number of rotatable bonds is 4. The lowest BCUT2D eigenvalue weighted by Gasteiger charge is -2.24. The third-order valence-corrected chi connectivity index (χ3v) is 8.12. The molecule has 0 radical (unpaired) electrons. The predicted molar refractivity (Wildman–Crippen MR) is 112 cm³/mol. The summed E-state index contributed by atoms with van der Waals surface area (Å²) in [6, 6.07) is 12.7. The zero-order valence-corrected chi connectivity index (χ0v) is 17.2. The van der Waals surface area contributed by atoms with Gasteiger partial charge in [-0.3, -0.25) is 4.79 Å². The summed E-state index contributed by atoms with van der Waals surface area (Å²) in [7, 11) is -1.64. The van der Waals surface area contributed by atoms with Gasteiger partial charge in [-0.05, 0) is 24.3 Å². The molecule has 2 unspecified atom stereocenters. The Morgan fingerprint density at radius 3 is 2.79 bits per heavy atom. The first-order chi connectivity index (χ1) is 13.9. The molecule has 2 aliphatic rings. The summed E-state index contributed by atoms with van der Waals surface area (Å²) in [5, 5.41) is 0.168. The third kappa shape index (κ3) is 4.16. The Labute approximate surface area is 172 Å². The monoisotopic (exact) mass is 434 g/mol. The summed E-state index contributed by atoms with van der Waals surface area (Å²) in [5.74, 6) is -0.225. The number of sulfone groups is 1. The highest BCUT2D eigenvalue weighted by Crippen LogP contribution is 2.41. The number of benzene rings is 2. The van der Waals surface area contributed by atoms with Crippen molar-refractivity contribution >= 4 is 38.4 Å². The zero-order valence-electron chi connectivity index (χ0n) is 15.6. The SMILES string of the molecule is COc1ccccc1CC(=O)N=C1SC2CS(=O)(=O)CC2N1c1cccc(F)c1. The fraction of sp³-hybridized carbons (Fsp3) is 0.300. The molecule has 2 saturated heterocycles. The molecular weight excluding hydrogens is 415 g/mol. The number of carbonyl (C=O) groups is 1. The number of hydrogen-bond donors (Lipinski definition) is 0. The summed E-state index contributed by atoms with van der Waals surface area (Å²) in [6.07, 6.45) is 0.0543. The molecule has 2 aromatic carbocycles. The predicted octanol–water partition coefficient (Wildman–Crippen LogP) is 2.68. The number of anilines is 1. The Balaban J connectivity index is 1.65. The van der Waals surface area contributed by atoms with Gasteiger partial charge in [0.1, 0.15) is 11.6 Å². The van der Waals surface area contributed by atoms with Gasteiger partial charge >= 0.3 is 0 Å². The summed E-state index contributed by atoms with van der Waals surface area (Å²) in [4.78, 5) is 18.6. The molecule has 29 heavy (non-hydrogen) atoms. The molecule has 0 N–H and O–H groups in total. The number of amidine groups is 1. The van der Waals surface area contributed by atoms with Crippen molar-refractivity contribution in [2.24, 2.45) is 4.99 Å². The number of hydrogen-bond acceptors (Lipinski definition) is 5. The average molecular weight is 435 g/mol. The second-order valence-electron chi connectivity index (χ2n) is 6.93. The van der Waals surface area contributed by atoms with Crippen LogP contribution in [0.3, 0.4) is 0 Å². The van der Waals surface area contributed by atoms with Crippen LogP contribution in [0.15, 0.2) is 53.5 Å². The maximum atomic E-state index is 13.8. The minimum absolute atomic E-state index is 0.0217. The normalized spacial score (nSPS) is 23.9. The lowest BCUT2D eigenvalue weighted by Crippen LogP contribution is -2.37. The van der Waals surface area contributed by atoms with Crippen LogP contribution in [0.4, 0.5) is 10.1 Å². The van der Waals surface area contributed by atoms with Crippen LogP contribution in [0.1, 0.15) is 5.56 Å². The number of carbonyl (C=O) groups excluding carboxylic acids is 1. The number of methoxy groups -OCH3 is 1. The molecule has 152 valence electrons. The Bertz CT molecular complexity index is 1090. The van der Waals surface area contributed by atoms with E-state index in [1.165, 1.54) is 31.0 Å². The third-order valence-electron chi connectivity index (χ3n) is 4.91. The topological polar surface area (TPSA) is 76.0 Å². The van der Waals surface area contributed by atoms with Crippen LogP contribution >= 0.6 is 11.8 Å². The molecule has 2 fully saturated rings. The van der Waals surface area contributed by atoms with E-state index in [0.29, 0.717) is 22.2 Å². The largest absolute Gasteiger partial charge is 0.496 e. The molecular formula is C20H19FN2O4S2. The van der Waals surface area contributed by atoms with E-state index in [2.05, 4.69) is 4.99 Å². The highest BCUT2D eigenvalue weighted by molar-refractivity contribution is 8.16. The second-order valence-corrected chi connectivity index (χ2v) is 10.3. The molecule has 2 aliphatic heterocycles. The van der Waals surface area contributed by atoms with E-state index < -0.39 is 15.7 Å². The number of thioether (sulfide) groups is 1. The van der Waals surface area contributed by atoms with Gasteiger partial charge in [0.25, 0.3) is 5.91 Å². The lowest BCUT2D eigenvalue weighted by atomic mass is 10.1. The Morgan fingerprint density at radius 1 is 1.24 bits per heavy atom.